The van der Waals surface area contributed by atoms with Crippen LogP contribution >= 0.6 is 0 Å². The standard InChI is InChI=1S/C22H45NO2/c1-3-5-6-7-8-9-10-11-12-13-14-15-16-17-18-19-20-23-21-22(24)25-4-2/h23H,3-21H2,1-2H3. The van der Waals surface area contributed by atoms with Crippen LogP contribution in [-0.2, 0) is 9.53 Å². The van der Waals surface area contributed by atoms with Crippen molar-refractivity contribution in [1.29, 1.82) is 0 Å². The van der Waals surface area contributed by atoms with Crippen molar-refractivity contribution in [3.63, 3.8) is 0 Å². The number of unbranched alkanes of at least 4 members (excludes halogenated alkanes) is 15. The molecule has 0 saturated heterocycles. The number of carbonyl (C=O) groups is 1. The smallest absolute Gasteiger partial charge is 0.319 e. The summed E-state index contributed by atoms with van der Waals surface area (Å²) >= 11 is 0. The van der Waals surface area contributed by atoms with E-state index in [0.29, 0.717) is 13.2 Å². The van der Waals surface area contributed by atoms with Crippen molar-refractivity contribution < 1.29 is 9.53 Å². The molecule has 0 rings (SSSR count). The Bertz CT molecular complexity index is 269. The second-order valence-electron chi connectivity index (χ2n) is 7.29. The van der Waals surface area contributed by atoms with Gasteiger partial charge in [0.1, 0.15) is 0 Å². The molecule has 0 atom stereocenters. The largest absolute Gasteiger partial charge is 0.465 e. The number of carbonyl (C=O) groups excluding carboxylic acids is 1. The maximum Gasteiger partial charge on any atom is 0.319 e. The minimum atomic E-state index is -0.140. The van der Waals surface area contributed by atoms with Crippen molar-refractivity contribution in [2.75, 3.05) is 19.7 Å². The average molecular weight is 356 g/mol. The highest BCUT2D eigenvalue weighted by atomic mass is 16.5. The van der Waals surface area contributed by atoms with Gasteiger partial charge in [-0.3, -0.25) is 4.79 Å². The Kier molecular flexibility index (Phi) is 21.0. The molecule has 0 amide bonds. The van der Waals surface area contributed by atoms with E-state index in [0.717, 1.165) is 13.0 Å². The average Bonchev–Trinajstić information content (AvgIpc) is 2.61. The molecule has 25 heavy (non-hydrogen) atoms. The molecular formula is C22H45NO2. The van der Waals surface area contributed by atoms with Gasteiger partial charge in [-0.15, -0.1) is 0 Å². The van der Waals surface area contributed by atoms with Crippen LogP contribution in [-0.4, -0.2) is 25.7 Å². The summed E-state index contributed by atoms with van der Waals surface area (Å²) in [5.41, 5.74) is 0. The molecule has 3 heteroatoms. The Labute approximate surface area is 157 Å². The van der Waals surface area contributed by atoms with E-state index < -0.39 is 0 Å². The molecule has 0 aliphatic rings. The van der Waals surface area contributed by atoms with Gasteiger partial charge in [0, 0.05) is 0 Å². The molecule has 1 N–H and O–H groups in total. The van der Waals surface area contributed by atoms with Crippen LogP contribution in [0.4, 0.5) is 0 Å². The van der Waals surface area contributed by atoms with Crippen LogP contribution in [0.25, 0.3) is 0 Å². The van der Waals surface area contributed by atoms with E-state index in [1.54, 1.807) is 0 Å². The van der Waals surface area contributed by atoms with Crippen molar-refractivity contribution in [3.8, 4) is 0 Å². The summed E-state index contributed by atoms with van der Waals surface area (Å²) in [4.78, 5) is 11.1. The van der Waals surface area contributed by atoms with E-state index in [-0.39, 0.29) is 5.97 Å². The molecule has 0 bridgehead atoms. The summed E-state index contributed by atoms with van der Waals surface area (Å²) in [6.07, 6.45) is 22.3. The first-order valence-electron chi connectivity index (χ1n) is 11.2. The molecule has 0 aromatic rings. The maximum atomic E-state index is 11.1. The third-order valence-corrected chi connectivity index (χ3v) is 4.78. The Morgan fingerprint density at radius 3 is 1.44 bits per heavy atom. The van der Waals surface area contributed by atoms with Gasteiger partial charge in [-0.05, 0) is 19.9 Å². The number of nitrogens with one attached hydrogen (secondary N) is 1. The Morgan fingerprint density at radius 1 is 0.640 bits per heavy atom. The van der Waals surface area contributed by atoms with Gasteiger partial charge >= 0.3 is 5.97 Å². The van der Waals surface area contributed by atoms with Crippen molar-refractivity contribution in [3.05, 3.63) is 0 Å². The summed E-state index contributed by atoms with van der Waals surface area (Å²) in [7, 11) is 0. The van der Waals surface area contributed by atoms with E-state index in [9.17, 15) is 4.79 Å². The molecule has 150 valence electrons. The van der Waals surface area contributed by atoms with E-state index in [2.05, 4.69) is 12.2 Å². The predicted molar refractivity (Wildman–Crippen MR) is 109 cm³/mol. The summed E-state index contributed by atoms with van der Waals surface area (Å²) in [5, 5.41) is 3.15. The van der Waals surface area contributed by atoms with Gasteiger partial charge in [0.05, 0.1) is 13.2 Å². The number of hydrogen-bond acceptors (Lipinski definition) is 3. The third kappa shape index (κ3) is 21.4. The zero-order valence-corrected chi connectivity index (χ0v) is 17.3. The van der Waals surface area contributed by atoms with Crippen LogP contribution in [0.3, 0.4) is 0 Å². The van der Waals surface area contributed by atoms with Gasteiger partial charge in [-0.2, -0.15) is 0 Å². The fourth-order valence-corrected chi connectivity index (χ4v) is 3.20. The summed E-state index contributed by atoms with van der Waals surface area (Å²) in [6, 6.07) is 0. The summed E-state index contributed by atoms with van der Waals surface area (Å²) < 4.78 is 4.87. The lowest BCUT2D eigenvalue weighted by Gasteiger charge is -2.05. The normalized spacial score (nSPS) is 11.0. The lowest BCUT2D eigenvalue weighted by atomic mass is 10.0. The molecule has 0 aromatic heterocycles. The third-order valence-electron chi connectivity index (χ3n) is 4.78. The van der Waals surface area contributed by atoms with Gasteiger partial charge in [0.2, 0.25) is 0 Å². The van der Waals surface area contributed by atoms with E-state index >= 15 is 0 Å². The number of hydrogen-bond donors (Lipinski definition) is 1. The number of esters is 1. The van der Waals surface area contributed by atoms with Crippen LogP contribution in [0, 0.1) is 0 Å². The second kappa shape index (κ2) is 21.5. The zero-order chi connectivity index (χ0) is 18.4. The molecule has 0 saturated carbocycles. The van der Waals surface area contributed by atoms with Gasteiger partial charge < -0.3 is 10.1 Å². The molecule has 0 fully saturated rings. The fourth-order valence-electron chi connectivity index (χ4n) is 3.20. The van der Waals surface area contributed by atoms with Crippen LogP contribution in [0.1, 0.15) is 117 Å². The van der Waals surface area contributed by atoms with Crippen molar-refractivity contribution >= 4 is 5.97 Å². The maximum absolute atomic E-state index is 11.1. The number of rotatable bonds is 20. The lowest BCUT2D eigenvalue weighted by Crippen LogP contribution is -2.25. The van der Waals surface area contributed by atoms with Crippen LogP contribution < -0.4 is 5.32 Å². The minimum absolute atomic E-state index is 0.140. The Hall–Kier alpha value is -0.570. The van der Waals surface area contributed by atoms with E-state index in [4.69, 9.17) is 4.74 Å². The van der Waals surface area contributed by atoms with Gasteiger partial charge in [0.25, 0.3) is 0 Å². The van der Waals surface area contributed by atoms with Gasteiger partial charge in [-0.25, -0.2) is 0 Å². The highest BCUT2D eigenvalue weighted by molar-refractivity contribution is 5.71. The van der Waals surface area contributed by atoms with Crippen LogP contribution in [0.15, 0.2) is 0 Å². The van der Waals surface area contributed by atoms with E-state index in [1.807, 2.05) is 6.92 Å². The van der Waals surface area contributed by atoms with Crippen molar-refractivity contribution in [2.24, 2.45) is 0 Å². The number of ether oxygens (including phenoxy) is 1. The van der Waals surface area contributed by atoms with E-state index in [1.165, 1.54) is 96.3 Å². The molecule has 0 aliphatic heterocycles. The monoisotopic (exact) mass is 355 g/mol. The first-order chi connectivity index (χ1) is 12.3. The quantitative estimate of drug-likeness (QED) is 0.203. The molecule has 3 nitrogen and oxygen atoms in total. The molecule has 0 unspecified atom stereocenters. The van der Waals surface area contributed by atoms with Gasteiger partial charge in [-0.1, -0.05) is 103 Å². The van der Waals surface area contributed by atoms with Crippen molar-refractivity contribution in [2.45, 2.75) is 117 Å². The topological polar surface area (TPSA) is 38.3 Å². The molecule has 0 spiro atoms. The van der Waals surface area contributed by atoms with Crippen molar-refractivity contribution in [1.82, 2.24) is 5.32 Å². The van der Waals surface area contributed by atoms with Crippen LogP contribution in [0.2, 0.25) is 0 Å². The molecular weight excluding hydrogens is 310 g/mol. The Morgan fingerprint density at radius 2 is 1.04 bits per heavy atom. The Balaban J connectivity index is 3.02. The first kappa shape index (κ1) is 24.4. The molecule has 0 aromatic carbocycles. The summed E-state index contributed by atoms with van der Waals surface area (Å²) in [5.74, 6) is -0.140. The highest BCUT2D eigenvalue weighted by Crippen LogP contribution is 2.13. The second-order valence-corrected chi connectivity index (χ2v) is 7.29. The van der Waals surface area contributed by atoms with Crippen LogP contribution in [0.5, 0.6) is 0 Å². The zero-order valence-electron chi connectivity index (χ0n) is 17.3. The highest BCUT2D eigenvalue weighted by Gasteiger charge is 1.99. The minimum Gasteiger partial charge on any atom is -0.465 e. The van der Waals surface area contributed by atoms with Gasteiger partial charge in [0.15, 0.2) is 0 Å². The SMILES string of the molecule is CCCCCCCCCCCCCCCCCCNCC(=O)OCC. The summed E-state index contributed by atoms with van der Waals surface area (Å²) in [6.45, 7) is 5.88. The molecule has 0 radical (unpaired) electrons. The molecule has 0 heterocycles. The first-order valence-corrected chi connectivity index (χ1v) is 11.2. The lowest BCUT2D eigenvalue weighted by molar-refractivity contribution is -0.141. The predicted octanol–water partition coefficient (Wildman–Crippen LogP) is 6.40. The fraction of sp³-hybridized carbons (Fsp3) is 0.955. The molecule has 0 aliphatic carbocycles.